The lowest BCUT2D eigenvalue weighted by atomic mass is 9.75. The second-order valence-electron chi connectivity index (χ2n) is 10.8. The summed E-state index contributed by atoms with van der Waals surface area (Å²) < 4.78 is 10.3. The summed E-state index contributed by atoms with van der Waals surface area (Å²) >= 11 is 0. The van der Waals surface area contributed by atoms with E-state index < -0.39 is 16.8 Å². The van der Waals surface area contributed by atoms with Crippen LogP contribution in [-0.2, 0) is 29.9 Å². The third-order valence-electron chi connectivity index (χ3n) is 6.67. The Labute approximate surface area is 237 Å². The summed E-state index contributed by atoms with van der Waals surface area (Å²) in [4.78, 5) is 23.9. The molecule has 0 saturated heterocycles. The van der Waals surface area contributed by atoms with Gasteiger partial charge in [0.2, 0.25) is 0 Å². The number of phenols is 2. The number of hydrogen-bond donors (Lipinski definition) is 2. The zero-order valence-electron chi connectivity index (χ0n) is 23.7. The van der Waals surface area contributed by atoms with Crippen LogP contribution in [-0.4, -0.2) is 28.8 Å². The van der Waals surface area contributed by atoms with Crippen molar-refractivity contribution in [1.29, 1.82) is 0 Å². The average Bonchev–Trinajstić information content (AvgIpc) is 2.84. The number of unbranched alkanes of at least 4 members (excludes halogenated alkanes) is 3. The zero-order chi connectivity index (χ0) is 28.6. The van der Waals surface area contributed by atoms with Crippen molar-refractivity contribution in [2.24, 2.45) is 0 Å². The van der Waals surface area contributed by atoms with Crippen molar-refractivity contribution in [2.75, 3.05) is 6.61 Å². The minimum Gasteiger partial charge on any atom is -0.508 e. The van der Waals surface area contributed by atoms with E-state index in [4.69, 9.17) is 9.47 Å². The van der Waals surface area contributed by atoms with Gasteiger partial charge in [-0.05, 0) is 78.8 Å². The van der Waals surface area contributed by atoms with E-state index in [1.54, 1.807) is 12.1 Å². The maximum Gasteiger partial charge on any atom is 0.311 e. The molecule has 0 spiro atoms. The second kappa shape index (κ2) is 16.5. The highest BCUT2D eigenvalue weighted by Gasteiger charge is 2.30. The Balaban J connectivity index is -0.000000602. The van der Waals surface area contributed by atoms with Crippen molar-refractivity contribution in [2.45, 2.75) is 110 Å². The summed E-state index contributed by atoms with van der Waals surface area (Å²) in [6.45, 7) is 13.8. The van der Waals surface area contributed by atoms with E-state index in [0.717, 1.165) is 31.9 Å². The molecule has 0 aliphatic rings. The van der Waals surface area contributed by atoms with Gasteiger partial charge in [0.1, 0.15) is 17.8 Å². The first-order chi connectivity index (χ1) is 17.9. The predicted molar refractivity (Wildman–Crippen MR) is 162 cm³/mol. The van der Waals surface area contributed by atoms with Crippen molar-refractivity contribution in [1.82, 2.24) is 0 Å². The summed E-state index contributed by atoms with van der Waals surface area (Å²) in [6, 6.07) is 3.23. The molecule has 1 aromatic rings. The van der Waals surface area contributed by atoms with Crippen LogP contribution in [0.1, 0.15) is 119 Å². The number of hydrogen-bond acceptors (Lipinski definition) is 6. The Morgan fingerprint density at radius 1 is 0.895 bits per heavy atom. The SMILES string of the molecule is C=C=C=C=C=COC(=O)CCCC(C)(C)c1cc(O)c(C(C)(C)CCCC(=O)OCCCCCC)cc1O.[HH].[HH].[HH].[HH].[HH].[HH]. The van der Waals surface area contributed by atoms with Crippen molar-refractivity contribution in [3.63, 3.8) is 0 Å². The van der Waals surface area contributed by atoms with Gasteiger partial charge in [0.25, 0.3) is 0 Å². The molecule has 0 heterocycles. The molecule has 0 fully saturated rings. The number of ether oxygens (including phenoxy) is 2. The maximum atomic E-state index is 12.0. The standard InChI is InChI=1S/C32H44O6.6H2/c1-7-9-11-13-21-37-29(35)17-15-19-31(3,4)25-23-28(34)26(24-27(25)33)32(5,6)20-16-18-30(36)38-22-14-12-10-8-2;;;;;;/h21,23-24,33-34H,1,8,10,12,14-20,22H2,2-6H3;6*1H. The predicted octanol–water partition coefficient (Wildman–Crippen LogP) is 8.90. The van der Waals surface area contributed by atoms with E-state index >= 15 is 0 Å². The van der Waals surface area contributed by atoms with Crippen molar-refractivity contribution in [3.05, 3.63) is 59.0 Å². The molecule has 0 amide bonds. The molecule has 2 N–H and O–H groups in total. The molecule has 1 aromatic carbocycles. The Kier molecular flexibility index (Phi) is 14.1. The van der Waals surface area contributed by atoms with Gasteiger partial charge in [-0.2, -0.15) is 0 Å². The molecule has 1 rings (SSSR count). The molecule has 0 radical (unpaired) electrons. The van der Waals surface area contributed by atoms with Crippen molar-refractivity contribution in [3.8, 4) is 11.5 Å². The largest absolute Gasteiger partial charge is 0.508 e. The van der Waals surface area contributed by atoms with Crippen LogP contribution in [0.5, 0.6) is 11.5 Å². The Bertz CT molecular complexity index is 1110. The number of carbonyl (C=O) groups excluding carboxylic acids is 2. The molecule has 220 valence electrons. The lowest BCUT2D eigenvalue weighted by molar-refractivity contribution is -0.144. The smallest absolute Gasteiger partial charge is 0.311 e. The van der Waals surface area contributed by atoms with Crippen LogP contribution in [0.4, 0.5) is 0 Å². The molecule has 0 aliphatic carbocycles. The molecular weight excluding hydrogens is 480 g/mol. The van der Waals surface area contributed by atoms with Crippen LogP contribution in [0.15, 0.2) is 47.9 Å². The number of carbonyl (C=O) groups is 2. The molecule has 0 unspecified atom stereocenters. The first-order valence-corrected chi connectivity index (χ1v) is 13.5. The highest BCUT2D eigenvalue weighted by Crippen LogP contribution is 2.43. The fourth-order valence-electron chi connectivity index (χ4n) is 4.33. The first kappa shape index (κ1) is 32.6. The third-order valence-corrected chi connectivity index (χ3v) is 6.67. The third kappa shape index (κ3) is 11.8. The Morgan fingerprint density at radius 3 is 1.97 bits per heavy atom. The van der Waals surface area contributed by atoms with Gasteiger partial charge in [0.15, 0.2) is 0 Å². The normalized spacial score (nSPS) is 11.0. The molecule has 6 nitrogen and oxygen atoms in total. The van der Waals surface area contributed by atoms with Crippen LogP contribution < -0.4 is 0 Å². The molecule has 0 atom stereocenters. The van der Waals surface area contributed by atoms with Crippen LogP contribution in [0, 0.1) is 0 Å². The maximum absolute atomic E-state index is 12.0. The minimum atomic E-state index is -0.487. The van der Waals surface area contributed by atoms with Gasteiger partial charge in [-0.15, -0.1) is 0 Å². The number of aromatic hydroxyl groups is 2. The fraction of sp³-hybridized carbons (Fsp3) is 0.562. The molecule has 0 saturated carbocycles. The number of esters is 2. The van der Waals surface area contributed by atoms with Gasteiger partial charge in [-0.3, -0.25) is 9.59 Å². The highest BCUT2D eigenvalue weighted by molar-refractivity contribution is 5.70. The lowest BCUT2D eigenvalue weighted by Gasteiger charge is -2.30. The van der Waals surface area contributed by atoms with Crippen molar-refractivity contribution < 1.29 is 37.8 Å². The summed E-state index contributed by atoms with van der Waals surface area (Å²) in [6.07, 6.45) is 8.29. The molecule has 6 heteroatoms. The number of phenolic OH excluding ortho intramolecular Hbond substituents is 2. The lowest BCUT2D eigenvalue weighted by Crippen LogP contribution is -2.21. The van der Waals surface area contributed by atoms with E-state index in [0.29, 0.717) is 49.8 Å². The molecule has 0 aliphatic heterocycles. The van der Waals surface area contributed by atoms with E-state index in [-0.39, 0.29) is 32.4 Å². The zero-order valence-corrected chi connectivity index (χ0v) is 23.7. The summed E-state index contributed by atoms with van der Waals surface area (Å²) in [5.41, 5.74) is 10.1. The van der Waals surface area contributed by atoms with Gasteiger partial charge < -0.3 is 19.7 Å². The summed E-state index contributed by atoms with van der Waals surface area (Å²) in [5, 5.41) is 21.7. The monoisotopic (exact) mass is 536 g/mol. The van der Waals surface area contributed by atoms with Crippen molar-refractivity contribution >= 4 is 11.9 Å². The Hall–Kier alpha value is -3.38. The fourth-order valence-corrected chi connectivity index (χ4v) is 4.33. The second-order valence-corrected chi connectivity index (χ2v) is 10.8. The average molecular weight is 537 g/mol. The molecule has 38 heavy (non-hydrogen) atoms. The molecule has 0 aromatic heterocycles. The van der Waals surface area contributed by atoms with Gasteiger partial charge in [-0.25, -0.2) is 0 Å². The number of benzene rings is 1. The minimum absolute atomic E-state index is 0. The van der Waals surface area contributed by atoms with Gasteiger partial charge in [-0.1, -0.05) is 59.6 Å². The van der Waals surface area contributed by atoms with Gasteiger partial charge >= 0.3 is 11.9 Å². The molecule has 0 bridgehead atoms. The summed E-state index contributed by atoms with van der Waals surface area (Å²) in [5.74, 6) is -0.394. The van der Waals surface area contributed by atoms with Crippen LogP contribution in [0.2, 0.25) is 0 Å². The quantitative estimate of drug-likeness (QED) is 0.0720. The van der Waals surface area contributed by atoms with Crippen LogP contribution >= 0.6 is 0 Å². The van der Waals surface area contributed by atoms with E-state index in [9.17, 15) is 19.8 Å². The Morgan fingerprint density at radius 2 is 1.45 bits per heavy atom. The molecular formula is C32H56O6. The first-order valence-electron chi connectivity index (χ1n) is 13.5. The van der Waals surface area contributed by atoms with Crippen LogP contribution in [0.25, 0.3) is 0 Å². The highest BCUT2D eigenvalue weighted by atomic mass is 16.5. The van der Waals surface area contributed by atoms with Crippen LogP contribution in [0.3, 0.4) is 0 Å². The van der Waals surface area contributed by atoms with E-state index in [2.05, 4.69) is 36.4 Å². The topological polar surface area (TPSA) is 93.1 Å². The number of rotatable bonds is 16. The van der Waals surface area contributed by atoms with E-state index in [1.807, 2.05) is 27.7 Å². The van der Waals surface area contributed by atoms with Gasteiger partial charge in [0.05, 0.1) is 6.61 Å². The summed E-state index contributed by atoms with van der Waals surface area (Å²) in [7, 11) is 0. The van der Waals surface area contributed by atoms with Gasteiger partial charge in [0, 0.05) is 32.5 Å². The van der Waals surface area contributed by atoms with E-state index in [1.165, 1.54) is 0 Å².